The van der Waals surface area contributed by atoms with Crippen molar-refractivity contribution < 1.29 is 75.4 Å². The second-order valence-corrected chi connectivity index (χ2v) is 14.4. The molecular weight excluding hydrogens is 790 g/mol. The smallest absolute Gasteiger partial charge is 0.333 e. The van der Waals surface area contributed by atoms with Crippen LogP contribution in [-0.4, -0.2) is 89.7 Å². The first-order chi connectivity index (χ1) is 28.4. The summed E-state index contributed by atoms with van der Waals surface area (Å²) in [5.74, 6) is -10.1. The highest BCUT2D eigenvalue weighted by atomic mass is 19.1. The average Bonchev–Trinajstić information content (AvgIpc) is 3.23. The fourth-order valence-corrected chi connectivity index (χ4v) is 5.28. The number of hydrogen-bond donors (Lipinski definition) is 0. The third kappa shape index (κ3) is 15.8. The van der Waals surface area contributed by atoms with Gasteiger partial charge in [0.15, 0.2) is 29.2 Å². The molecule has 0 spiro atoms. The largest absolute Gasteiger partial charge is 0.492 e. The monoisotopic (exact) mass is 846 g/mol. The first kappa shape index (κ1) is 50.3. The standard InChI is InChI=1S/C44H56F2O14/c1-10-11-12-13-18-55-37-34(45)21-33(22-35(37)46)31-16-17-36(32(20-31)15-14-19-56-38(47)27(2)3)57-23-44(24-58-39(48)28(4)5,25-59-42(51)29(6)40(49)53-8)26-60-43(52)30(7)41(50)54-9/h16-17,20-22,29-30H,2,4,10-15,18-19,23-26H2,1,3,5-9H3. The number of rotatable bonds is 26. The Morgan fingerprint density at radius 1 is 0.633 bits per heavy atom. The highest BCUT2D eigenvalue weighted by Gasteiger charge is 2.40. The van der Waals surface area contributed by atoms with Gasteiger partial charge in [0.1, 0.15) is 37.6 Å². The van der Waals surface area contributed by atoms with E-state index in [2.05, 4.69) is 22.6 Å². The zero-order valence-electron chi connectivity index (χ0n) is 35.4. The summed E-state index contributed by atoms with van der Waals surface area (Å²) in [5.41, 5.74) is -0.428. The Labute approximate surface area is 349 Å². The third-order valence-corrected chi connectivity index (χ3v) is 9.06. The molecule has 0 radical (unpaired) electrons. The Morgan fingerprint density at radius 2 is 1.17 bits per heavy atom. The van der Waals surface area contributed by atoms with Crippen molar-refractivity contribution in [1.29, 1.82) is 0 Å². The predicted octanol–water partition coefficient (Wildman–Crippen LogP) is 6.83. The van der Waals surface area contributed by atoms with Gasteiger partial charge in [0.05, 0.1) is 27.4 Å². The van der Waals surface area contributed by atoms with E-state index in [0.29, 0.717) is 17.5 Å². The number of esters is 6. The molecule has 2 aromatic rings. The molecule has 2 atom stereocenters. The van der Waals surface area contributed by atoms with Crippen molar-refractivity contribution in [2.24, 2.45) is 17.3 Å². The van der Waals surface area contributed by atoms with Gasteiger partial charge in [-0.25, -0.2) is 18.4 Å². The van der Waals surface area contributed by atoms with Gasteiger partial charge in [0, 0.05) is 11.1 Å². The van der Waals surface area contributed by atoms with Gasteiger partial charge in [-0.05, 0) is 87.9 Å². The fraction of sp³-hybridized carbons (Fsp3) is 0.500. The number of halogens is 2. The van der Waals surface area contributed by atoms with Crippen LogP contribution in [0, 0.1) is 28.9 Å². The molecule has 0 aliphatic rings. The molecule has 330 valence electrons. The molecule has 0 fully saturated rings. The molecule has 0 N–H and O–H groups in total. The summed E-state index contributed by atoms with van der Waals surface area (Å²) in [6.07, 6.45) is 3.94. The molecule has 0 heterocycles. The van der Waals surface area contributed by atoms with Crippen LogP contribution in [0.5, 0.6) is 11.5 Å². The fourth-order valence-electron chi connectivity index (χ4n) is 5.28. The van der Waals surface area contributed by atoms with Gasteiger partial charge in [-0.2, -0.15) is 0 Å². The quantitative estimate of drug-likeness (QED) is 0.0317. The van der Waals surface area contributed by atoms with Gasteiger partial charge < -0.3 is 37.9 Å². The van der Waals surface area contributed by atoms with E-state index in [1.54, 1.807) is 12.1 Å². The Kier molecular flexibility index (Phi) is 20.9. The highest BCUT2D eigenvalue weighted by molar-refractivity contribution is 5.95. The van der Waals surface area contributed by atoms with Crippen LogP contribution in [0.15, 0.2) is 54.6 Å². The van der Waals surface area contributed by atoms with Gasteiger partial charge >= 0.3 is 35.8 Å². The van der Waals surface area contributed by atoms with Crippen LogP contribution < -0.4 is 9.47 Å². The number of unbranched alkanes of at least 4 members (excludes halogenated alkanes) is 3. The van der Waals surface area contributed by atoms with Crippen molar-refractivity contribution in [2.75, 3.05) is 53.9 Å². The Bertz CT molecular complexity index is 1790. The Morgan fingerprint density at radius 3 is 1.68 bits per heavy atom. The minimum atomic E-state index is -1.69. The number of benzene rings is 2. The SMILES string of the molecule is C=C(C)C(=O)OCCCc1cc(-c2cc(F)c(OCCCCCC)c(F)c2)ccc1OCC(COC(=O)C(=C)C)(COC(=O)C(C)C(=O)OC)COC(=O)C(C)C(=O)OC. The molecule has 0 aliphatic carbocycles. The van der Waals surface area contributed by atoms with Crippen LogP contribution in [-0.2, 0) is 63.6 Å². The molecular formula is C44H56F2O14. The van der Waals surface area contributed by atoms with Crippen molar-refractivity contribution in [2.45, 2.75) is 73.1 Å². The molecule has 0 amide bonds. The molecule has 2 unspecified atom stereocenters. The first-order valence-electron chi connectivity index (χ1n) is 19.4. The molecule has 0 saturated heterocycles. The summed E-state index contributed by atoms with van der Waals surface area (Å²) in [7, 11) is 2.17. The average molecular weight is 847 g/mol. The number of hydrogen-bond acceptors (Lipinski definition) is 14. The van der Waals surface area contributed by atoms with Gasteiger partial charge in [0.25, 0.3) is 0 Å². The number of carbonyl (C=O) groups excluding carboxylic acids is 6. The summed E-state index contributed by atoms with van der Waals surface area (Å²) in [6, 6.07) is 6.96. The lowest BCUT2D eigenvalue weighted by molar-refractivity contribution is -0.170. The lowest BCUT2D eigenvalue weighted by Crippen LogP contribution is -2.45. The van der Waals surface area contributed by atoms with Crippen molar-refractivity contribution in [3.8, 4) is 22.6 Å². The maximum Gasteiger partial charge on any atom is 0.333 e. The van der Waals surface area contributed by atoms with Crippen LogP contribution in [0.1, 0.15) is 72.3 Å². The van der Waals surface area contributed by atoms with E-state index in [0.717, 1.165) is 45.6 Å². The van der Waals surface area contributed by atoms with E-state index < -0.39 is 96.9 Å². The summed E-state index contributed by atoms with van der Waals surface area (Å²) in [5, 5.41) is 0. The van der Waals surface area contributed by atoms with Crippen LogP contribution in [0.25, 0.3) is 11.1 Å². The summed E-state index contributed by atoms with van der Waals surface area (Å²) < 4.78 is 73.2. The molecule has 14 nitrogen and oxygen atoms in total. The van der Waals surface area contributed by atoms with E-state index in [9.17, 15) is 28.8 Å². The van der Waals surface area contributed by atoms with Crippen LogP contribution >= 0.6 is 0 Å². The molecule has 0 aromatic heterocycles. The summed E-state index contributed by atoms with van der Waals surface area (Å²) >= 11 is 0. The number of methoxy groups -OCH3 is 2. The van der Waals surface area contributed by atoms with E-state index >= 15 is 8.78 Å². The Hall–Kier alpha value is -5.80. The molecule has 60 heavy (non-hydrogen) atoms. The van der Waals surface area contributed by atoms with Crippen molar-refractivity contribution in [1.82, 2.24) is 0 Å². The van der Waals surface area contributed by atoms with E-state index in [-0.39, 0.29) is 48.5 Å². The van der Waals surface area contributed by atoms with E-state index in [4.69, 9.17) is 28.4 Å². The van der Waals surface area contributed by atoms with Crippen LogP contribution in [0.3, 0.4) is 0 Å². The van der Waals surface area contributed by atoms with E-state index in [1.165, 1.54) is 33.8 Å². The summed E-state index contributed by atoms with van der Waals surface area (Å²) in [4.78, 5) is 74.8. The second-order valence-electron chi connectivity index (χ2n) is 14.4. The molecule has 16 heteroatoms. The Balaban J connectivity index is 2.61. The van der Waals surface area contributed by atoms with Gasteiger partial charge in [-0.1, -0.05) is 45.4 Å². The van der Waals surface area contributed by atoms with Gasteiger partial charge in [-0.15, -0.1) is 0 Å². The molecule has 0 aliphatic heterocycles. The lowest BCUT2D eigenvalue weighted by atomic mass is 9.91. The zero-order chi connectivity index (χ0) is 45.0. The maximum atomic E-state index is 15.3. The normalized spacial score (nSPS) is 12.8. The second kappa shape index (κ2) is 25.0. The van der Waals surface area contributed by atoms with Crippen molar-refractivity contribution >= 4 is 35.8 Å². The van der Waals surface area contributed by atoms with Crippen LogP contribution in [0.2, 0.25) is 0 Å². The maximum absolute atomic E-state index is 15.3. The minimum Gasteiger partial charge on any atom is -0.492 e. The molecule has 0 bridgehead atoms. The summed E-state index contributed by atoms with van der Waals surface area (Å²) in [6.45, 7) is 12.3. The lowest BCUT2D eigenvalue weighted by Gasteiger charge is -2.33. The number of ether oxygens (including phenoxy) is 8. The predicted molar refractivity (Wildman–Crippen MR) is 214 cm³/mol. The topological polar surface area (TPSA) is 176 Å². The highest BCUT2D eigenvalue weighted by Crippen LogP contribution is 2.34. The molecule has 2 aromatic carbocycles. The number of aryl methyl sites for hydroxylation is 1. The molecule has 2 rings (SSSR count). The van der Waals surface area contributed by atoms with Gasteiger partial charge in [-0.3, -0.25) is 19.2 Å². The van der Waals surface area contributed by atoms with Crippen LogP contribution in [0.4, 0.5) is 8.78 Å². The first-order valence-corrected chi connectivity index (χ1v) is 19.4. The minimum absolute atomic E-state index is 0.0158. The van der Waals surface area contributed by atoms with Crippen molar-refractivity contribution in [3.63, 3.8) is 0 Å². The van der Waals surface area contributed by atoms with Gasteiger partial charge in [0.2, 0.25) is 0 Å². The third-order valence-electron chi connectivity index (χ3n) is 9.06. The van der Waals surface area contributed by atoms with E-state index in [1.807, 2.05) is 6.92 Å². The number of carbonyl (C=O) groups is 6. The van der Waals surface area contributed by atoms with Crippen molar-refractivity contribution in [3.05, 3.63) is 71.8 Å². The zero-order valence-corrected chi connectivity index (χ0v) is 35.4. The molecule has 0 saturated carbocycles.